The van der Waals surface area contributed by atoms with Gasteiger partial charge < -0.3 is 4.90 Å². The van der Waals surface area contributed by atoms with Crippen molar-refractivity contribution in [2.45, 2.75) is 24.3 Å². The molecule has 0 bridgehead atoms. The van der Waals surface area contributed by atoms with Crippen LogP contribution in [0.5, 0.6) is 0 Å². The Hall–Kier alpha value is -1.98. The topological polar surface area (TPSA) is 104 Å². The molecule has 0 aromatic heterocycles. The number of amides is 1. The van der Waals surface area contributed by atoms with Gasteiger partial charge in [-0.1, -0.05) is 29.8 Å². The molecule has 3 rings (SSSR count). The zero-order chi connectivity index (χ0) is 23.0. The van der Waals surface area contributed by atoms with Gasteiger partial charge in [0.05, 0.1) is 16.3 Å². The summed E-state index contributed by atoms with van der Waals surface area (Å²) in [5.74, 6) is -0.860. The number of carbonyl (C=O) groups excluding carboxylic acids is 1. The lowest BCUT2D eigenvalue weighted by atomic mass is 10.1. The molecule has 11 heteroatoms. The number of nitrogens with zero attached hydrogens (tertiary/aromatic N) is 2. The fourth-order valence-electron chi connectivity index (χ4n) is 3.42. The van der Waals surface area contributed by atoms with Crippen molar-refractivity contribution in [2.24, 2.45) is 0 Å². The van der Waals surface area contributed by atoms with Crippen molar-refractivity contribution in [3.05, 3.63) is 58.6 Å². The van der Waals surface area contributed by atoms with Crippen LogP contribution in [0, 0.1) is 6.92 Å². The van der Waals surface area contributed by atoms with E-state index in [9.17, 15) is 21.6 Å². The Kier molecular flexibility index (Phi) is 6.78. The zero-order valence-electron chi connectivity index (χ0n) is 17.4. The lowest BCUT2D eigenvalue weighted by molar-refractivity contribution is -0.116. The van der Waals surface area contributed by atoms with Crippen molar-refractivity contribution >= 4 is 43.2 Å². The maximum Gasteiger partial charge on any atom is 0.242 e. The summed E-state index contributed by atoms with van der Waals surface area (Å²) in [6.45, 7) is 1.70. The van der Waals surface area contributed by atoms with Gasteiger partial charge in [0.2, 0.25) is 26.0 Å². The van der Waals surface area contributed by atoms with Crippen LogP contribution in [0.2, 0.25) is 5.02 Å². The summed E-state index contributed by atoms with van der Waals surface area (Å²) in [6.07, 6.45) is -0.123. The van der Waals surface area contributed by atoms with E-state index in [1.165, 1.54) is 18.2 Å². The summed E-state index contributed by atoms with van der Waals surface area (Å²) < 4.78 is 53.9. The van der Waals surface area contributed by atoms with Gasteiger partial charge in [-0.15, -0.1) is 0 Å². The molecule has 0 aliphatic carbocycles. The maximum absolute atomic E-state index is 13.1. The molecular weight excluding hydrogens is 462 g/mol. The number of aryl methyl sites for hydroxylation is 1. The van der Waals surface area contributed by atoms with Crippen LogP contribution >= 0.6 is 11.6 Å². The van der Waals surface area contributed by atoms with Gasteiger partial charge in [0, 0.05) is 24.0 Å². The average molecular weight is 486 g/mol. The third-order valence-corrected chi connectivity index (χ3v) is 8.63. The van der Waals surface area contributed by atoms with E-state index in [4.69, 9.17) is 11.6 Å². The van der Waals surface area contributed by atoms with Gasteiger partial charge in [-0.2, -0.15) is 0 Å². The zero-order valence-corrected chi connectivity index (χ0v) is 19.8. The van der Waals surface area contributed by atoms with Gasteiger partial charge in [-0.3, -0.25) is 4.79 Å². The summed E-state index contributed by atoms with van der Waals surface area (Å²) in [7, 11) is -4.09. The molecule has 1 saturated heterocycles. The Morgan fingerprint density at radius 1 is 1.16 bits per heavy atom. The largest absolute Gasteiger partial charge is 0.301 e. The monoisotopic (exact) mass is 485 g/mol. The van der Waals surface area contributed by atoms with Crippen molar-refractivity contribution in [2.75, 3.05) is 30.7 Å². The van der Waals surface area contributed by atoms with Crippen molar-refractivity contribution in [3.63, 3.8) is 0 Å². The molecule has 0 saturated carbocycles. The Morgan fingerprint density at radius 2 is 1.81 bits per heavy atom. The van der Waals surface area contributed by atoms with Gasteiger partial charge in [0.1, 0.15) is 0 Å². The molecule has 2 aromatic carbocycles. The first-order valence-corrected chi connectivity index (χ1v) is 13.0. The standard InChI is InChI=1S/C20H24ClN3O5S2/c1-14-4-9-17(24-20(25)10-11-30(24,26)27)12-19(14)31(28,29)22-13-18(23(2)3)15-5-7-16(21)8-6-15/h4-9,12,18,22H,10-11,13H2,1-3H3/t18-/m0/s1. The maximum atomic E-state index is 13.1. The smallest absolute Gasteiger partial charge is 0.242 e. The van der Waals surface area contributed by atoms with Crippen molar-refractivity contribution < 1.29 is 21.6 Å². The van der Waals surface area contributed by atoms with Gasteiger partial charge in [-0.05, 0) is 56.4 Å². The van der Waals surface area contributed by atoms with Crippen molar-refractivity contribution in [1.29, 1.82) is 0 Å². The van der Waals surface area contributed by atoms with E-state index in [0.717, 1.165) is 5.56 Å². The first-order chi connectivity index (χ1) is 14.4. The molecule has 2 aromatic rings. The molecule has 31 heavy (non-hydrogen) atoms. The van der Waals surface area contributed by atoms with E-state index in [1.807, 2.05) is 31.1 Å². The van der Waals surface area contributed by atoms with Gasteiger partial charge in [0.15, 0.2) is 0 Å². The number of halogens is 1. The summed E-state index contributed by atoms with van der Waals surface area (Å²) in [5, 5.41) is 0.584. The first-order valence-electron chi connectivity index (χ1n) is 9.50. The molecule has 1 atom stereocenters. The van der Waals surface area contributed by atoms with E-state index in [0.29, 0.717) is 14.9 Å². The number of hydrogen-bond acceptors (Lipinski definition) is 6. The van der Waals surface area contributed by atoms with E-state index in [2.05, 4.69) is 4.72 Å². The van der Waals surface area contributed by atoms with E-state index in [1.54, 1.807) is 19.1 Å². The Morgan fingerprint density at radius 3 is 2.35 bits per heavy atom. The molecule has 1 aliphatic rings. The highest BCUT2D eigenvalue weighted by molar-refractivity contribution is 7.94. The van der Waals surface area contributed by atoms with Crippen LogP contribution in [0.4, 0.5) is 5.69 Å². The Labute approximate surface area is 187 Å². The fraction of sp³-hybridized carbons (Fsp3) is 0.350. The fourth-order valence-corrected chi connectivity index (χ4v) is 6.30. The third-order valence-electron chi connectivity index (χ3n) is 5.12. The molecule has 1 N–H and O–H groups in total. The van der Waals surface area contributed by atoms with Gasteiger partial charge in [0.25, 0.3) is 0 Å². The van der Waals surface area contributed by atoms with E-state index in [-0.39, 0.29) is 35.3 Å². The van der Waals surface area contributed by atoms with E-state index < -0.39 is 26.0 Å². The highest BCUT2D eigenvalue weighted by atomic mass is 35.5. The predicted octanol–water partition coefficient (Wildman–Crippen LogP) is 2.30. The summed E-state index contributed by atoms with van der Waals surface area (Å²) in [4.78, 5) is 13.9. The molecule has 168 valence electrons. The second kappa shape index (κ2) is 8.87. The van der Waals surface area contributed by atoms with E-state index >= 15 is 0 Å². The molecule has 0 radical (unpaired) electrons. The second-order valence-corrected chi connectivity index (χ2v) is 11.7. The molecule has 1 amide bonds. The van der Waals surface area contributed by atoms with Crippen molar-refractivity contribution in [1.82, 2.24) is 9.62 Å². The SMILES string of the molecule is Cc1ccc(N2C(=O)CCS2(=O)=O)cc1S(=O)(=O)NC[C@@H](c1ccc(Cl)cc1)N(C)C. The minimum atomic E-state index is -3.98. The lowest BCUT2D eigenvalue weighted by Crippen LogP contribution is -2.35. The molecule has 8 nitrogen and oxygen atoms in total. The predicted molar refractivity (Wildman–Crippen MR) is 120 cm³/mol. The number of benzene rings is 2. The van der Waals surface area contributed by atoms with Crippen molar-refractivity contribution in [3.8, 4) is 0 Å². The molecule has 1 heterocycles. The molecule has 1 aliphatic heterocycles. The highest BCUT2D eigenvalue weighted by Crippen LogP contribution is 2.29. The second-order valence-electron chi connectivity index (χ2n) is 7.56. The Balaban J connectivity index is 1.89. The molecular formula is C20H24ClN3O5S2. The number of nitrogens with one attached hydrogen (secondary N) is 1. The van der Waals surface area contributed by atoms with Crippen LogP contribution in [-0.2, 0) is 24.8 Å². The van der Waals surface area contributed by atoms with Gasteiger partial charge in [-0.25, -0.2) is 25.9 Å². The number of hydrogen-bond donors (Lipinski definition) is 1. The van der Waals surface area contributed by atoms with Crippen LogP contribution in [0.25, 0.3) is 0 Å². The minimum absolute atomic E-state index is 0.0235. The number of likely N-dealkylation sites (N-methyl/N-ethyl adjacent to an activating group) is 1. The minimum Gasteiger partial charge on any atom is -0.301 e. The molecule has 1 fully saturated rings. The van der Waals surface area contributed by atoms with Gasteiger partial charge >= 0.3 is 0 Å². The van der Waals surface area contributed by atoms with Crippen LogP contribution < -0.4 is 9.03 Å². The summed E-state index contributed by atoms with van der Waals surface area (Å²) in [6, 6.07) is 11.0. The third kappa shape index (κ3) is 5.09. The lowest BCUT2D eigenvalue weighted by Gasteiger charge is -2.25. The normalized spacial score (nSPS) is 17.3. The summed E-state index contributed by atoms with van der Waals surface area (Å²) in [5.41, 5.74) is 1.35. The molecule has 0 unspecified atom stereocenters. The first kappa shape index (κ1) is 23.7. The number of carbonyl (C=O) groups is 1. The van der Waals surface area contributed by atoms with Crippen LogP contribution in [0.3, 0.4) is 0 Å². The van der Waals surface area contributed by atoms with Crippen LogP contribution in [-0.4, -0.2) is 54.0 Å². The molecule has 0 spiro atoms. The Bertz CT molecular complexity index is 1200. The number of sulfonamides is 2. The average Bonchev–Trinajstić information content (AvgIpc) is 2.96. The highest BCUT2D eigenvalue weighted by Gasteiger charge is 2.37. The summed E-state index contributed by atoms with van der Waals surface area (Å²) >= 11 is 5.95. The van der Waals surface area contributed by atoms with Crippen LogP contribution in [0.1, 0.15) is 23.6 Å². The van der Waals surface area contributed by atoms with Crippen LogP contribution in [0.15, 0.2) is 47.4 Å². The number of anilines is 1. The quantitative estimate of drug-likeness (QED) is 0.645. The number of rotatable bonds is 7.